The van der Waals surface area contributed by atoms with E-state index in [2.05, 4.69) is 5.10 Å². The number of fused-ring (bicyclic) bond motifs is 1. The highest BCUT2D eigenvalue weighted by atomic mass is 16.3. The molecule has 0 amide bonds. The number of H-pyrrole nitrogens is 1. The fourth-order valence-corrected chi connectivity index (χ4v) is 1.40. The quantitative estimate of drug-likeness (QED) is 0.644. The van der Waals surface area contributed by atoms with Crippen LogP contribution in [0.15, 0.2) is 17.1 Å². The second kappa shape index (κ2) is 2.73. The summed E-state index contributed by atoms with van der Waals surface area (Å²) in [4.78, 5) is 21.8. The highest BCUT2D eigenvalue weighted by molar-refractivity contribution is 5.87. The average molecular weight is 192 g/mol. The zero-order valence-electron chi connectivity index (χ0n) is 7.44. The van der Waals surface area contributed by atoms with E-state index < -0.39 is 5.43 Å². The number of carbonyl (C=O) groups is 1. The molecule has 5 nitrogen and oxygen atoms in total. The average Bonchev–Trinajstić information content (AvgIpc) is 2.42. The van der Waals surface area contributed by atoms with Crippen molar-refractivity contribution in [2.75, 3.05) is 0 Å². The van der Waals surface area contributed by atoms with E-state index in [1.807, 2.05) is 0 Å². The Bertz CT molecular complexity index is 565. The van der Waals surface area contributed by atoms with Gasteiger partial charge >= 0.3 is 0 Å². The highest BCUT2D eigenvalue weighted by Gasteiger charge is 2.08. The van der Waals surface area contributed by atoms with Gasteiger partial charge in [0.1, 0.15) is 0 Å². The molecule has 0 radical (unpaired) electrons. The number of aromatic amines is 1. The van der Waals surface area contributed by atoms with Crippen LogP contribution in [0.3, 0.4) is 0 Å². The minimum Gasteiger partial charge on any atom is -0.503 e. The monoisotopic (exact) mass is 192 g/mol. The van der Waals surface area contributed by atoms with E-state index in [4.69, 9.17) is 5.11 Å². The summed E-state index contributed by atoms with van der Waals surface area (Å²) < 4.78 is 1.44. The fraction of sp³-hybridized carbons (Fsp3) is 0.111. The van der Waals surface area contributed by atoms with Gasteiger partial charge in [0.05, 0.1) is 17.3 Å². The van der Waals surface area contributed by atoms with Crippen molar-refractivity contribution in [3.63, 3.8) is 0 Å². The Hall–Kier alpha value is -2.04. The SMILES string of the molecule is Cc1[nH]n2cc(O)c(=O)cc2c1C=O. The Balaban J connectivity index is 2.96. The van der Waals surface area contributed by atoms with Crippen molar-refractivity contribution >= 4 is 11.8 Å². The molecule has 2 N–H and O–H groups in total. The zero-order chi connectivity index (χ0) is 10.3. The number of aldehydes is 1. The van der Waals surface area contributed by atoms with Crippen LogP contribution in [-0.4, -0.2) is 21.0 Å². The Kier molecular flexibility index (Phi) is 1.67. The van der Waals surface area contributed by atoms with Crippen LogP contribution in [0.4, 0.5) is 0 Å². The first-order valence-corrected chi connectivity index (χ1v) is 4.02. The third kappa shape index (κ3) is 1.02. The lowest BCUT2D eigenvalue weighted by molar-refractivity contribution is 0.112. The van der Waals surface area contributed by atoms with Crippen molar-refractivity contribution < 1.29 is 9.90 Å². The molecule has 2 heterocycles. The molecule has 2 aromatic heterocycles. The number of hydrogen-bond acceptors (Lipinski definition) is 3. The van der Waals surface area contributed by atoms with Crippen molar-refractivity contribution in [2.45, 2.75) is 6.92 Å². The molecule has 14 heavy (non-hydrogen) atoms. The molecule has 0 aliphatic rings. The molecule has 0 fully saturated rings. The Morgan fingerprint density at radius 3 is 2.93 bits per heavy atom. The van der Waals surface area contributed by atoms with Crippen molar-refractivity contribution in [3.8, 4) is 5.75 Å². The van der Waals surface area contributed by atoms with E-state index >= 15 is 0 Å². The van der Waals surface area contributed by atoms with E-state index in [-0.39, 0.29) is 5.75 Å². The van der Waals surface area contributed by atoms with Crippen LogP contribution in [0.5, 0.6) is 5.75 Å². The number of aromatic hydroxyl groups is 1. The number of nitrogens with one attached hydrogen (secondary N) is 1. The van der Waals surface area contributed by atoms with E-state index in [0.29, 0.717) is 23.1 Å². The molecule has 0 spiro atoms. The van der Waals surface area contributed by atoms with Crippen LogP contribution < -0.4 is 5.43 Å². The van der Waals surface area contributed by atoms with Crippen LogP contribution in [0.2, 0.25) is 0 Å². The van der Waals surface area contributed by atoms with Gasteiger partial charge in [0.15, 0.2) is 12.0 Å². The van der Waals surface area contributed by atoms with Gasteiger partial charge in [-0.25, -0.2) is 0 Å². The molecule has 0 aliphatic carbocycles. The summed E-state index contributed by atoms with van der Waals surface area (Å²) >= 11 is 0. The number of aromatic nitrogens is 2. The molecule has 0 saturated carbocycles. The Labute approximate surface area is 78.6 Å². The van der Waals surface area contributed by atoms with Crippen LogP contribution >= 0.6 is 0 Å². The summed E-state index contributed by atoms with van der Waals surface area (Å²) in [5.74, 6) is -0.346. The maximum absolute atomic E-state index is 11.1. The molecular formula is C9H8N2O3. The third-order valence-electron chi connectivity index (χ3n) is 2.12. The van der Waals surface area contributed by atoms with Gasteiger partial charge in [-0.05, 0) is 6.92 Å². The largest absolute Gasteiger partial charge is 0.503 e. The second-order valence-electron chi connectivity index (χ2n) is 3.05. The third-order valence-corrected chi connectivity index (χ3v) is 2.12. The minimum atomic E-state index is -0.493. The normalized spacial score (nSPS) is 10.6. The first-order chi connectivity index (χ1) is 6.63. The molecule has 0 unspecified atom stereocenters. The predicted octanol–water partition coefficient (Wildman–Crippen LogP) is 0.454. The molecule has 0 aliphatic heterocycles. The first-order valence-electron chi connectivity index (χ1n) is 4.02. The summed E-state index contributed by atoms with van der Waals surface area (Å²) in [6.45, 7) is 1.72. The predicted molar refractivity (Wildman–Crippen MR) is 49.8 cm³/mol. The number of hydrogen-bond donors (Lipinski definition) is 2. The van der Waals surface area contributed by atoms with Crippen molar-refractivity contribution in [1.29, 1.82) is 0 Å². The smallest absolute Gasteiger partial charge is 0.223 e. The lowest BCUT2D eigenvalue weighted by Crippen LogP contribution is -2.01. The van der Waals surface area contributed by atoms with Gasteiger partial charge < -0.3 is 5.11 Å². The zero-order valence-corrected chi connectivity index (χ0v) is 7.44. The van der Waals surface area contributed by atoms with Gasteiger partial charge in [0, 0.05) is 11.8 Å². The van der Waals surface area contributed by atoms with Gasteiger partial charge in [0.2, 0.25) is 5.43 Å². The Morgan fingerprint density at radius 2 is 2.29 bits per heavy atom. The summed E-state index contributed by atoms with van der Waals surface area (Å²) in [5, 5.41) is 12.0. The van der Waals surface area contributed by atoms with E-state index in [9.17, 15) is 9.59 Å². The molecule has 0 bridgehead atoms. The number of nitrogens with zero attached hydrogens (tertiary/aromatic N) is 1. The minimum absolute atomic E-state index is 0.346. The topological polar surface area (TPSA) is 74.6 Å². The molecule has 2 rings (SSSR count). The fourth-order valence-electron chi connectivity index (χ4n) is 1.40. The summed E-state index contributed by atoms with van der Waals surface area (Å²) in [5.41, 5.74) is 1.07. The molecule has 2 aromatic rings. The van der Waals surface area contributed by atoms with E-state index in [1.165, 1.54) is 16.8 Å². The van der Waals surface area contributed by atoms with E-state index in [1.54, 1.807) is 6.92 Å². The van der Waals surface area contributed by atoms with Crippen molar-refractivity contribution in [2.24, 2.45) is 0 Å². The lowest BCUT2D eigenvalue weighted by atomic mass is 10.2. The van der Waals surface area contributed by atoms with Gasteiger partial charge in [0.25, 0.3) is 0 Å². The van der Waals surface area contributed by atoms with Crippen LogP contribution in [0, 0.1) is 6.92 Å². The number of rotatable bonds is 1. The maximum Gasteiger partial charge on any atom is 0.223 e. The second-order valence-corrected chi connectivity index (χ2v) is 3.05. The molecule has 72 valence electrons. The summed E-state index contributed by atoms with van der Waals surface area (Å²) in [6.07, 6.45) is 1.93. The van der Waals surface area contributed by atoms with Crippen molar-refractivity contribution in [3.05, 3.63) is 33.7 Å². The van der Waals surface area contributed by atoms with Crippen LogP contribution in [0.25, 0.3) is 5.52 Å². The van der Waals surface area contributed by atoms with Gasteiger partial charge in [-0.2, -0.15) is 0 Å². The molecule has 0 saturated heterocycles. The molecular weight excluding hydrogens is 184 g/mol. The number of pyridine rings is 1. The highest BCUT2D eigenvalue weighted by Crippen LogP contribution is 2.13. The van der Waals surface area contributed by atoms with Crippen molar-refractivity contribution in [1.82, 2.24) is 9.61 Å². The molecule has 5 heteroatoms. The molecule has 0 atom stereocenters. The Morgan fingerprint density at radius 1 is 1.57 bits per heavy atom. The standard InChI is InChI=1S/C9H8N2O3/c1-5-6(4-12)7-2-8(13)9(14)3-11(7)10-5/h2-4,10,14H,1H3. The van der Waals surface area contributed by atoms with E-state index in [0.717, 1.165) is 0 Å². The maximum atomic E-state index is 11.1. The van der Waals surface area contributed by atoms with Crippen LogP contribution in [0.1, 0.15) is 16.1 Å². The first kappa shape index (κ1) is 8.55. The lowest BCUT2D eigenvalue weighted by Gasteiger charge is -1.93. The van der Waals surface area contributed by atoms with Gasteiger partial charge in [-0.1, -0.05) is 0 Å². The van der Waals surface area contributed by atoms with Gasteiger partial charge in [-0.15, -0.1) is 0 Å². The summed E-state index contributed by atoms with van der Waals surface area (Å²) in [6, 6.07) is 1.22. The number of carbonyl (C=O) groups excluding carboxylic acids is 1. The van der Waals surface area contributed by atoms with Crippen LogP contribution in [-0.2, 0) is 0 Å². The number of aryl methyl sites for hydroxylation is 1. The molecule has 0 aromatic carbocycles. The summed E-state index contributed by atoms with van der Waals surface area (Å²) in [7, 11) is 0. The van der Waals surface area contributed by atoms with Gasteiger partial charge in [-0.3, -0.25) is 19.2 Å².